The van der Waals surface area contributed by atoms with E-state index in [0.717, 1.165) is 45.1 Å². The Morgan fingerprint density at radius 2 is 1.78 bits per heavy atom. The van der Waals surface area contributed by atoms with Crippen molar-refractivity contribution in [1.82, 2.24) is 0 Å². The second-order valence-corrected chi connectivity index (χ2v) is 5.67. The molecular formula is C16H32O2. The van der Waals surface area contributed by atoms with Gasteiger partial charge in [0.15, 0.2) is 0 Å². The summed E-state index contributed by atoms with van der Waals surface area (Å²) in [4.78, 5) is 0. The molecule has 108 valence electrons. The molecule has 0 aromatic rings. The smallest absolute Gasteiger partial charge is 0.0723 e. The predicted octanol–water partition coefficient (Wildman–Crippen LogP) is 4.47. The van der Waals surface area contributed by atoms with Crippen molar-refractivity contribution in [3.8, 4) is 0 Å². The van der Waals surface area contributed by atoms with E-state index in [4.69, 9.17) is 4.74 Å². The van der Waals surface area contributed by atoms with Crippen molar-refractivity contribution in [3.63, 3.8) is 0 Å². The summed E-state index contributed by atoms with van der Waals surface area (Å²) in [5, 5.41) is 9.67. The molecular weight excluding hydrogens is 224 g/mol. The number of unbranched alkanes of at least 4 members (excludes halogenated alkanes) is 2. The van der Waals surface area contributed by atoms with Crippen LogP contribution in [0.2, 0.25) is 0 Å². The van der Waals surface area contributed by atoms with Gasteiger partial charge in [0.1, 0.15) is 0 Å². The maximum Gasteiger partial charge on any atom is 0.0723 e. The molecule has 0 rings (SSSR count). The number of hydrogen-bond donors (Lipinski definition) is 1. The maximum absolute atomic E-state index is 9.67. The topological polar surface area (TPSA) is 29.5 Å². The van der Waals surface area contributed by atoms with Gasteiger partial charge < -0.3 is 9.84 Å². The molecule has 0 aromatic heterocycles. The Morgan fingerprint density at radius 1 is 1.17 bits per heavy atom. The lowest BCUT2D eigenvalue weighted by molar-refractivity contribution is -0.0387. The fourth-order valence-corrected chi connectivity index (χ4v) is 1.87. The SMILES string of the molecule is CCC(C)(CC)OCCCCCC(O)C=C(C)C. The Balaban J connectivity index is 3.55. The van der Waals surface area contributed by atoms with Crippen LogP contribution in [-0.2, 0) is 4.74 Å². The molecule has 0 aliphatic heterocycles. The quantitative estimate of drug-likeness (QED) is 0.461. The van der Waals surface area contributed by atoms with Crippen LogP contribution in [0.5, 0.6) is 0 Å². The van der Waals surface area contributed by atoms with Crippen LogP contribution >= 0.6 is 0 Å². The van der Waals surface area contributed by atoms with E-state index < -0.39 is 0 Å². The molecule has 0 amide bonds. The molecule has 2 nitrogen and oxygen atoms in total. The van der Waals surface area contributed by atoms with Gasteiger partial charge in [-0.15, -0.1) is 0 Å². The van der Waals surface area contributed by atoms with Gasteiger partial charge in [-0.1, -0.05) is 38.3 Å². The molecule has 0 saturated heterocycles. The number of allylic oxidation sites excluding steroid dienone is 1. The van der Waals surface area contributed by atoms with Crippen molar-refractivity contribution in [2.75, 3.05) is 6.61 Å². The van der Waals surface area contributed by atoms with Gasteiger partial charge in [-0.2, -0.15) is 0 Å². The van der Waals surface area contributed by atoms with Gasteiger partial charge in [0, 0.05) is 6.61 Å². The monoisotopic (exact) mass is 256 g/mol. The van der Waals surface area contributed by atoms with Crippen LogP contribution in [0.15, 0.2) is 11.6 Å². The summed E-state index contributed by atoms with van der Waals surface area (Å²) < 4.78 is 5.93. The molecule has 1 unspecified atom stereocenters. The molecule has 0 spiro atoms. The Labute approximate surface area is 113 Å². The molecule has 0 bridgehead atoms. The van der Waals surface area contributed by atoms with Crippen molar-refractivity contribution < 1.29 is 9.84 Å². The lowest BCUT2D eigenvalue weighted by atomic mass is 10.00. The first kappa shape index (κ1) is 17.7. The Morgan fingerprint density at radius 3 is 2.28 bits per heavy atom. The number of aliphatic hydroxyl groups excluding tert-OH is 1. The molecule has 18 heavy (non-hydrogen) atoms. The fourth-order valence-electron chi connectivity index (χ4n) is 1.87. The lowest BCUT2D eigenvalue weighted by Gasteiger charge is -2.27. The maximum atomic E-state index is 9.67. The zero-order valence-corrected chi connectivity index (χ0v) is 13.0. The molecule has 0 aromatic carbocycles. The highest BCUT2D eigenvalue weighted by molar-refractivity contribution is 4.97. The molecule has 1 N–H and O–H groups in total. The average Bonchev–Trinajstić information content (AvgIpc) is 2.32. The van der Waals surface area contributed by atoms with Crippen LogP contribution in [0.1, 0.15) is 73.1 Å². The van der Waals surface area contributed by atoms with Crippen molar-refractivity contribution in [1.29, 1.82) is 0 Å². The summed E-state index contributed by atoms with van der Waals surface area (Å²) in [5.74, 6) is 0. The molecule has 0 aliphatic rings. The van der Waals surface area contributed by atoms with E-state index in [9.17, 15) is 5.11 Å². The largest absolute Gasteiger partial charge is 0.389 e. The van der Waals surface area contributed by atoms with Crippen molar-refractivity contribution in [2.24, 2.45) is 0 Å². The van der Waals surface area contributed by atoms with Crippen LogP contribution < -0.4 is 0 Å². The van der Waals surface area contributed by atoms with Crippen molar-refractivity contribution >= 4 is 0 Å². The number of rotatable bonds is 10. The van der Waals surface area contributed by atoms with Crippen LogP contribution in [0.3, 0.4) is 0 Å². The van der Waals surface area contributed by atoms with E-state index in [1.807, 2.05) is 19.9 Å². The average molecular weight is 256 g/mol. The van der Waals surface area contributed by atoms with Gasteiger partial charge in [-0.25, -0.2) is 0 Å². The van der Waals surface area contributed by atoms with E-state index in [2.05, 4.69) is 20.8 Å². The molecule has 0 radical (unpaired) electrons. The minimum absolute atomic E-state index is 0.0571. The first-order chi connectivity index (χ1) is 8.43. The van der Waals surface area contributed by atoms with E-state index in [-0.39, 0.29) is 11.7 Å². The number of hydrogen-bond acceptors (Lipinski definition) is 2. The van der Waals surface area contributed by atoms with Crippen LogP contribution in [0.25, 0.3) is 0 Å². The molecule has 0 saturated carbocycles. The Hall–Kier alpha value is -0.340. The third-order valence-corrected chi connectivity index (χ3v) is 3.62. The van der Waals surface area contributed by atoms with Crippen LogP contribution in [0, 0.1) is 0 Å². The summed E-state index contributed by atoms with van der Waals surface area (Å²) in [7, 11) is 0. The fraction of sp³-hybridized carbons (Fsp3) is 0.875. The molecule has 0 fully saturated rings. The number of aliphatic hydroxyl groups is 1. The standard InChI is InChI=1S/C16H32O2/c1-6-16(5,7-2)18-12-10-8-9-11-15(17)13-14(3)4/h13,15,17H,6-12H2,1-5H3. The van der Waals surface area contributed by atoms with Crippen molar-refractivity contribution in [3.05, 3.63) is 11.6 Å². The highest BCUT2D eigenvalue weighted by Crippen LogP contribution is 2.19. The predicted molar refractivity (Wildman–Crippen MR) is 78.8 cm³/mol. The lowest BCUT2D eigenvalue weighted by Crippen LogP contribution is -2.27. The summed E-state index contributed by atoms with van der Waals surface area (Å²) in [6.07, 6.45) is 7.97. The van der Waals surface area contributed by atoms with Crippen molar-refractivity contribution in [2.45, 2.75) is 84.8 Å². The molecule has 0 aliphatic carbocycles. The first-order valence-electron chi connectivity index (χ1n) is 7.40. The van der Waals surface area contributed by atoms with Gasteiger partial charge >= 0.3 is 0 Å². The van der Waals surface area contributed by atoms with Crippen LogP contribution in [0.4, 0.5) is 0 Å². The van der Waals surface area contributed by atoms with Gasteiger partial charge in [0.05, 0.1) is 11.7 Å². The minimum atomic E-state index is -0.271. The van der Waals surface area contributed by atoms with E-state index in [1.165, 1.54) is 5.57 Å². The molecule has 0 heterocycles. The summed E-state index contributed by atoms with van der Waals surface area (Å²) in [5.41, 5.74) is 1.24. The Bertz CT molecular complexity index is 225. The van der Waals surface area contributed by atoms with Gasteiger partial charge in [0.2, 0.25) is 0 Å². The first-order valence-corrected chi connectivity index (χ1v) is 7.40. The summed E-state index contributed by atoms with van der Waals surface area (Å²) in [6.45, 7) is 11.4. The third-order valence-electron chi connectivity index (χ3n) is 3.62. The zero-order valence-electron chi connectivity index (χ0n) is 13.0. The third kappa shape index (κ3) is 8.71. The summed E-state index contributed by atoms with van der Waals surface area (Å²) in [6, 6.07) is 0. The zero-order chi connectivity index (χ0) is 14.0. The van der Waals surface area contributed by atoms with Crippen LogP contribution in [-0.4, -0.2) is 23.4 Å². The highest BCUT2D eigenvalue weighted by Gasteiger charge is 2.19. The normalized spacial score (nSPS) is 13.4. The minimum Gasteiger partial charge on any atom is -0.389 e. The Kier molecular flexibility index (Phi) is 9.39. The molecule has 1 atom stereocenters. The second-order valence-electron chi connectivity index (χ2n) is 5.67. The molecule has 2 heteroatoms. The van der Waals surface area contributed by atoms with E-state index in [0.29, 0.717) is 0 Å². The van der Waals surface area contributed by atoms with Gasteiger partial charge in [0.25, 0.3) is 0 Å². The second kappa shape index (κ2) is 9.57. The highest BCUT2D eigenvalue weighted by atomic mass is 16.5. The number of ether oxygens (including phenoxy) is 1. The van der Waals surface area contributed by atoms with Gasteiger partial charge in [-0.05, 0) is 46.5 Å². The van der Waals surface area contributed by atoms with Gasteiger partial charge in [-0.3, -0.25) is 0 Å². The van der Waals surface area contributed by atoms with E-state index in [1.54, 1.807) is 0 Å². The van der Waals surface area contributed by atoms with E-state index >= 15 is 0 Å². The summed E-state index contributed by atoms with van der Waals surface area (Å²) >= 11 is 0.